The van der Waals surface area contributed by atoms with Crippen LogP contribution in [0.1, 0.15) is 0 Å². The van der Waals surface area contributed by atoms with Crippen LogP contribution in [0.15, 0.2) is 34.9 Å². The van der Waals surface area contributed by atoms with Gasteiger partial charge < -0.3 is 0 Å². The van der Waals surface area contributed by atoms with Gasteiger partial charge in [-0.2, -0.15) is 0 Å². The fourth-order valence-electron chi connectivity index (χ4n) is 1.31. The fourth-order valence-corrected chi connectivity index (χ4v) is 2.12. The van der Waals surface area contributed by atoms with E-state index in [0.717, 1.165) is 9.86 Å². The summed E-state index contributed by atoms with van der Waals surface area (Å²) < 4.78 is 22.7. The van der Waals surface area contributed by atoms with E-state index in [2.05, 4.69) is 25.6 Å². The van der Waals surface area contributed by atoms with Gasteiger partial charge in [0, 0.05) is 16.1 Å². The maximum Gasteiger partial charge on any atom is 0.259 e. The average Bonchev–Trinajstić information content (AvgIpc) is 2.22. The number of pyridine rings is 1. The highest BCUT2D eigenvalue weighted by Crippen LogP contribution is 2.28. The molecule has 2 rings (SSSR count). The first-order chi connectivity index (χ1) is 7.18. The second kappa shape index (κ2) is 4.26. The highest BCUT2D eigenvalue weighted by atomic mass is 79.9. The quantitative estimate of drug-likeness (QED) is 0.834. The fraction of sp³-hybridized carbons (Fsp3) is 0. The van der Waals surface area contributed by atoms with Crippen molar-refractivity contribution in [2.24, 2.45) is 0 Å². The van der Waals surface area contributed by atoms with Gasteiger partial charge in [0.05, 0.1) is 11.2 Å². The van der Waals surface area contributed by atoms with E-state index in [-0.39, 0.29) is 0 Å². The van der Waals surface area contributed by atoms with Gasteiger partial charge in [-0.25, -0.2) is 4.21 Å². The van der Waals surface area contributed by atoms with Gasteiger partial charge in [-0.1, -0.05) is 22.0 Å². The first kappa shape index (κ1) is 10.5. The van der Waals surface area contributed by atoms with Crippen molar-refractivity contribution < 1.29 is 8.76 Å². The largest absolute Gasteiger partial charge is 0.289 e. The van der Waals surface area contributed by atoms with E-state index in [0.29, 0.717) is 11.2 Å². The molecule has 0 radical (unpaired) electrons. The molecule has 78 valence electrons. The maximum absolute atomic E-state index is 10.7. The van der Waals surface area contributed by atoms with Crippen molar-refractivity contribution in [3.63, 3.8) is 0 Å². The Morgan fingerprint density at radius 1 is 1.40 bits per heavy atom. The zero-order chi connectivity index (χ0) is 10.8. The Morgan fingerprint density at radius 2 is 2.20 bits per heavy atom. The number of rotatable bonds is 2. The summed E-state index contributed by atoms with van der Waals surface area (Å²) in [7, 11) is 0. The number of anilines is 1. The molecule has 0 spiro atoms. The van der Waals surface area contributed by atoms with Gasteiger partial charge in [0.15, 0.2) is 0 Å². The zero-order valence-corrected chi connectivity index (χ0v) is 9.88. The van der Waals surface area contributed by atoms with E-state index in [1.165, 1.54) is 0 Å². The van der Waals surface area contributed by atoms with Crippen molar-refractivity contribution in [2.45, 2.75) is 0 Å². The van der Waals surface area contributed by atoms with E-state index in [1.807, 2.05) is 12.1 Å². The number of benzene rings is 1. The highest BCUT2D eigenvalue weighted by Gasteiger charge is 2.06. The second-order valence-corrected chi connectivity index (χ2v) is 4.40. The number of nitrogens with zero attached hydrogens (tertiary/aromatic N) is 1. The summed E-state index contributed by atoms with van der Waals surface area (Å²) >= 11 is 1.31. The van der Waals surface area contributed by atoms with Crippen LogP contribution in [0.4, 0.5) is 5.69 Å². The SMILES string of the molecule is O=S(O)Nc1ccc(Br)c2cccnc12. The molecular weight excluding hydrogens is 280 g/mol. The molecule has 0 fully saturated rings. The molecule has 2 aromatic rings. The van der Waals surface area contributed by atoms with E-state index < -0.39 is 11.3 Å². The first-order valence-electron chi connectivity index (χ1n) is 4.09. The lowest BCUT2D eigenvalue weighted by atomic mass is 10.2. The minimum Gasteiger partial charge on any atom is -0.289 e. The molecule has 1 heterocycles. The van der Waals surface area contributed by atoms with Crippen molar-refractivity contribution in [1.82, 2.24) is 4.98 Å². The van der Waals surface area contributed by atoms with Crippen LogP contribution < -0.4 is 4.72 Å². The second-order valence-electron chi connectivity index (χ2n) is 2.85. The minimum atomic E-state index is -2.08. The van der Waals surface area contributed by atoms with Gasteiger partial charge in [0.1, 0.15) is 0 Å². The van der Waals surface area contributed by atoms with Crippen LogP contribution >= 0.6 is 15.9 Å². The third kappa shape index (κ3) is 2.17. The van der Waals surface area contributed by atoms with Crippen LogP contribution in [-0.2, 0) is 11.3 Å². The Morgan fingerprint density at radius 3 is 2.93 bits per heavy atom. The highest BCUT2D eigenvalue weighted by molar-refractivity contribution is 9.10. The van der Waals surface area contributed by atoms with Crippen LogP contribution in [0.25, 0.3) is 10.9 Å². The van der Waals surface area contributed by atoms with Gasteiger partial charge in [0.2, 0.25) is 0 Å². The number of nitrogens with one attached hydrogen (secondary N) is 1. The summed E-state index contributed by atoms with van der Waals surface area (Å²) in [5.41, 5.74) is 1.20. The van der Waals surface area contributed by atoms with Crippen LogP contribution in [0.5, 0.6) is 0 Å². The van der Waals surface area contributed by atoms with Crippen molar-refractivity contribution >= 4 is 43.8 Å². The molecule has 0 saturated heterocycles. The van der Waals surface area contributed by atoms with E-state index in [9.17, 15) is 4.21 Å². The van der Waals surface area contributed by atoms with Gasteiger partial charge in [-0.15, -0.1) is 0 Å². The van der Waals surface area contributed by atoms with Crippen LogP contribution in [0.2, 0.25) is 0 Å². The molecule has 1 aromatic carbocycles. The normalized spacial score (nSPS) is 12.7. The van der Waals surface area contributed by atoms with Gasteiger partial charge in [0.25, 0.3) is 11.3 Å². The molecule has 1 aromatic heterocycles. The molecule has 0 aliphatic carbocycles. The predicted molar refractivity (Wildman–Crippen MR) is 63.8 cm³/mol. The predicted octanol–water partition coefficient (Wildman–Crippen LogP) is 2.55. The maximum atomic E-state index is 10.7. The summed E-state index contributed by atoms with van der Waals surface area (Å²) in [6, 6.07) is 7.21. The summed E-state index contributed by atoms with van der Waals surface area (Å²) in [5.74, 6) is 0. The molecular formula is C9H7BrN2O2S. The third-order valence-electron chi connectivity index (χ3n) is 1.91. The molecule has 15 heavy (non-hydrogen) atoms. The van der Waals surface area contributed by atoms with Crippen LogP contribution in [0.3, 0.4) is 0 Å². The Balaban J connectivity index is 2.66. The first-order valence-corrected chi connectivity index (χ1v) is 5.99. The molecule has 0 amide bonds. The molecule has 0 aliphatic heterocycles. The summed E-state index contributed by atoms with van der Waals surface area (Å²) in [6.07, 6.45) is 1.64. The number of halogens is 1. The average molecular weight is 287 g/mol. The monoisotopic (exact) mass is 286 g/mol. The number of hydrogen-bond acceptors (Lipinski definition) is 2. The summed E-state index contributed by atoms with van der Waals surface area (Å²) in [4.78, 5) is 4.16. The van der Waals surface area contributed by atoms with E-state index in [1.54, 1.807) is 18.3 Å². The van der Waals surface area contributed by atoms with Crippen molar-refractivity contribution in [1.29, 1.82) is 0 Å². The van der Waals surface area contributed by atoms with Crippen LogP contribution in [-0.4, -0.2) is 13.7 Å². The Bertz CT molecular complexity index is 533. The number of fused-ring (bicyclic) bond motifs is 1. The number of hydrogen-bond donors (Lipinski definition) is 2. The molecule has 6 heteroatoms. The Hall–Kier alpha value is -0.980. The van der Waals surface area contributed by atoms with Gasteiger partial charge in [-0.3, -0.25) is 14.3 Å². The van der Waals surface area contributed by atoms with E-state index in [4.69, 9.17) is 4.55 Å². The number of aromatic nitrogens is 1. The lowest BCUT2D eigenvalue weighted by Gasteiger charge is -2.06. The summed E-state index contributed by atoms with van der Waals surface area (Å²) in [6.45, 7) is 0. The molecule has 4 nitrogen and oxygen atoms in total. The van der Waals surface area contributed by atoms with Crippen molar-refractivity contribution in [3.05, 3.63) is 34.9 Å². The molecule has 1 atom stereocenters. The van der Waals surface area contributed by atoms with Gasteiger partial charge in [-0.05, 0) is 18.2 Å². The zero-order valence-electron chi connectivity index (χ0n) is 7.48. The third-order valence-corrected chi connectivity index (χ3v) is 3.00. The standard InChI is InChI=1S/C9H7BrN2O2S/c10-7-3-4-8(12-15(13)14)9-6(7)2-1-5-11-9/h1-5,12H,(H,13,14). The van der Waals surface area contributed by atoms with Crippen LogP contribution in [0, 0.1) is 0 Å². The lowest BCUT2D eigenvalue weighted by molar-refractivity contribution is 0.570. The minimum absolute atomic E-state index is 0.537. The Kier molecular flexibility index (Phi) is 2.99. The lowest BCUT2D eigenvalue weighted by Crippen LogP contribution is -2.02. The Labute approximate surface area is 97.3 Å². The molecule has 1 unspecified atom stereocenters. The van der Waals surface area contributed by atoms with Gasteiger partial charge >= 0.3 is 0 Å². The summed E-state index contributed by atoms with van der Waals surface area (Å²) in [5, 5.41) is 0.896. The molecule has 0 bridgehead atoms. The topological polar surface area (TPSA) is 62.2 Å². The van der Waals surface area contributed by atoms with Crippen molar-refractivity contribution in [2.75, 3.05) is 4.72 Å². The molecule has 2 N–H and O–H groups in total. The smallest absolute Gasteiger partial charge is 0.259 e. The molecule has 0 saturated carbocycles. The van der Waals surface area contributed by atoms with Crippen molar-refractivity contribution in [3.8, 4) is 0 Å². The van der Waals surface area contributed by atoms with E-state index >= 15 is 0 Å². The molecule has 0 aliphatic rings.